The molecule has 0 unspecified atom stereocenters. The highest BCUT2D eigenvalue weighted by Gasteiger charge is 2.41. The maximum Gasteiger partial charge on any atom is 0.127 e. The van der Waals surface area contributed by atoms with Crippen LogP contribution in [0.25, 0.3) is 11.4 Å². The van der Waals surface area contributed by atoms with Crippen LogP contribution in [0.3, 0.4) is 0 Å². The van der Waals surface area contributed by atoms with Crippen LogP contribution in [0.2, 0.25) is 0 Å². The Kier molecular flexibility index (Phi) is 2.19. The highest BCUT2D eigenvalue weighted by atomic mass is 15.0. The summed E-state index contributed by atoms with van der Waals surface area (Å²) in [6.07, 6.45) is 6.42. The number of hydrogen-bond donors (Lipinski definition) is 1. The normalized spacial score (nSPS) is 17.1. The first-order valence-corrected chi connectivity index (χ1v) is 5.72. The van der Waals surface area contributed by atoms with Gasteiger partial charge in [0.25, 0.3) is 0 Å². The number of nitrogens with one attached hydrogen (secondary N) is 1. The Balaban J connectivity index is 1.97. The van der Waals surface area contributed by atoms with E-state index in [0.717, 1.165) is 36.5 Å². The lowest BCUT2D eigenvalue weighted by atomic mass is 9.69. The molecule has 4 nitrogen and oxygen atoms in total. The van der Waals surface area contributed by atoms with Gasteiger partial charge >= 0.3 is 0 Å². The molecule has 3 rings (SSSR count). The minimum Gasteiger partial charge on any atom is -0.339 e. The zero-order valence-electron chi connectivity index (χ0n) is 9.35. The third-order valence-corrected chi connectivity index (χ3v) is 3.39. The number of nitrogens with zero attached hydrogens (tertiary/aromatic N) is 3. The molecule has 0 aromatic carbocycles. The molecule has 0 saturated heterocycles. The number of aromatic amines is 1. The van der Waals surface area contributed by atoms with Gasteiger partial charge in [0.1, 0.15) is 11.2 Å². The Labute approximate surface area is 99.3 Å². The second kappa shape index (κ2) is 3.70. The number of hydrogen-bond acceptors (Lipinski definition) is 3. The second-order valence-electron chi connectivity index (χ2n) is 4.41. The molecule has 84 valence electrons. The number of rotatable bonds is 2. The van der Waals surface area contributed by atoms with Crippen LogP contribution in [0.15, 0.2) is 30.6 Å². The summed E-state index contributed by atoms with van der Waals surface area (Å²) in [6.45, 7) is 0. The van der Waals surface area contributed by atoms with Gasteiger partial charge in [0.2, 0.25) is 0 Å². The summed E-state index contributed by atoms with van der Waals surface area (Å²) in [6, 6.07) is 8.12. The van der Waals surface area contributed by atoms with Crippen molar-refractivity contribution in [1.82, 2.24) is 15.0 Å². The van der Waals surface area contributed by atoms with Crippen LogP contribution in [0, 0.1) is 11.3 Å². The monoisotopic (exact) mass is 224 g/mol. The largest absolute Gasteiger partial charge is 0.339 e. The zero-order chi connectivity index (χ0) is 11.7. The van der Waals surface area contributed by atoms with Gasteiger partial charge in [-0.3, -0.25) is 4.98 Å². The predicted molar refractivity (Wildman–Crippen MR) is 63.0 cm³/mol. The molecule has 0 aliphatic heterocycles. The molecule has 1 aliphatic carbocycles. The molecule has 2 aromatic rings. The summed E-state index contributed by atoms with van der Waals surface area (Å²) < 4.78 is 0. The van der Waals surface area contributed by atoms with Crippen LogP contribution >= 0.6 is 0 Å². The maximum atomic E-state index is 9.24. The van der Waals surface area contributed by atoms with Gasteiger partial charge in [0, 0.05) is 6.20 Å². The molecule has 2 heterocycles. The van der Waals surface area contributed by atoms with Gasteiger partial charge < -0.3 is 4.98 Å². The van der Waals surface area contributed by atoms with Gasteiger partial charge in [0.15, 0.2) is 0 Å². The number of nitriles is 1. The fourth-order valence-electron chi connectivity index (χ4n) is 2.15. The molecule has 1 aliphatic rings. The molecule has 2 aromatic heterocycles. The lowest BCUT2D eigenvalue weighted by Gasteiger charge is -2.32. The molecule has 1 N–H and O–H groups in total. The molecular formula is C13H12N4. The molecule has 1 fully saturated rings. The van der Waals surface area contributed by atoms with E-state index in [2.05, 4.69) is 21.0 Å². The van der Waals surface area contributed by atoms with Crippen molar-refractivity contribution >= 4 is 0 Å². The summed E-state index contributed by atoms with van der Waals surface area (Å²) in [5, 5.41) is 9.24. The number of imidazole rings is 1. The van der Waals surface area contributed by atoms with E-state index >= 15 is 0 Å². The van der Waals surface area contributed by atoms with Crippen LogP contribution in [0.4, 0.5) is 0 Å². The minimum absolute atomic E-state index is 0.382. The third kappa shape index (κ3) is 1.51. The van der Waals surface area contributed by atoms with Crippen LogP contribution in [0.1, 0.15) is 25.1 Å². The van der Waals surface area contributed by atoms with Gasteiger partial charge in [-0.05, 0) is 31.4 Å². The maximum absolute atomic E-state index is 9.24. The van der Waals surface area contributed by atoms with E-state index in [1.165, 1.54) is 0 Å². The van der Waals surface area contributed by atoms with E-state index in [1.54, 1.807) is 12.4 Å². The Morgan fingerprint density at radius 3 is 2.76 bits per heavy atom. The zero-order valence-corrected chi connectivity index (χ0v) is 9.35. The van der Waals surface area contributed by atoms with E-state index < -0.39 is 0 Å². The topological polar surface area (TPSA) is 65.4 Å². The first kappa shape index (κ1) is 10.0. The predicted octanol–water partition coefficient (Wildman–Crippen LogP) is 2.42. The lowest BCUT2D eigenvalue weighted by Crippen LogP contribution is -2.33. The summed E-state index contributed by atoms with van der Waals surface area (Å²) >= 11 is 0. The Hall–Kier alpha value is -2.15. The first-order chi connectivity index (χ1) is 8.34. The fourth-order valence-corrected chi connectivity index (χ4v) is 2.15. The van der Waals surface area contributed by atoms with Crippen molar-refractivity contribution in [3.8, 4) is 17.5 Å². The average Bonchev–Trinajstić information content (AvgIpc) is 2.80. The molecule has 0 bridgehead atoms. The molecule has 0 amide bonds. The Morgan fingerprint density at radius 1 is 1.29 bits per heavy atom. The van der Waals surface area contributed by atoms with Gasteiger partial charge in [-0.1, -0.05) is 6.07 Å². The molecule has 1 saturated carbocycles. The van der Waals surface area contributed by atoms with Gasteiger partial charge in [-0.25, -0.2) is 4.98 Å². The molecule has 17 heavy (non-hydrogen) atoms. The minimum atomic E-state index is -0.382. The SMILES string of the molecule is N#CC1(c2ncc(-c3ccccn3)[nH]2)CCC1. The summed E-state index contributed by atoms with van der Waals surface area (Å²) in [5.41, 5.74) is 1.35. The molecule has 4 heteroatoms. The van der Waals surface area contributed by atoms with Crippen LogP contribution in [0.5, 0.6) is 0 Å². The van der Waals surface area contributed by atoms with E-state index in [0.29, 0.717) is 0 Å². The second-order valence-corrected chi connectivity index (χ2v) is 4.41. The van der Waals surface area contributed by atoms with Crippen molar-refractivity contribution in [1.29, 1.82) is 5.26 Å². The molecule has 0 atom stereocenters. The van der Waals surface area contributed by atoms with Crippen molar-refractivity contribution in [2.24, 2.45) is 0 Å². The van der Waals surface area contributed by atoms with E-state index in [9.17, 15) is 5.26 Å². The van der Waals surface area contributed by atoms with Crippen LogP contribution in [-0.4, -0.2) is 15.0 Å². The number of aromatic nitrogens is 3. The Bertz CT molecular complexity index is 561. The van der Waals surface area contributed by atoms with E-state index in [1.807, 2.05) is 18.2 Å². The van der Waals surface area contributed by atoms with E-state index in [4.69, 9.17) is 0 Å². The van der Waals surface area contributed by atoms with Crippen molar-refractivity contribution in [3.05, 3.63) is 36.4 Å². The molecular weight excluding hydrogens is 212 g/mol. The Morgan fingerprint density at radius 2 is 2.18 bits per heavy atom. The van der Waals surface area contributed by atoms with Gasteiger partial charge in [-0.2, -0.15) is 5.26 Å². The van der Waals surface area contributed by atoms with Crippen LogP contribution in [-0.2, 0) is 5.41 Å². The van der Waals surface area contributed by atoms with Crippen LogP contribution < -0.4 is 0 Å². The number of H-pyrrole nitrogens is 1. The summed E-state index contributed by atoms with van der Waals surface area (Å²) in [7, 11) is 0. The average molecular weight is 224 g/mol. The van der Waals surface area contributed by atoms with E-state index in [-0.39, 0.29) is 5.41 Å². The lowest BCUT2D eigenvalue weighted by molar-refractivity contribution is 0.309. The summed E-state index contributed by atoms with van der Waals surface area (Å²) in [5.74, 6) is 0.784. The summed E-state index contributed by atoms with van der Waals surface area (Å²) in [4.78, 5) is 11.8. The van der Waals surface area contributed by atoms with Crippen molar-refractivity contribution in [3.63, 3.8) is 0 Å². The fraction of sp³-hybridized carbons (Fsp3) is 0.308. The third-order valence-electron chi connectivity index (χ3n) is 3.39. The standard InChI is InChI=1S/C13H12N4/c14-9-13(5-3-6-13)12-16-8-11(17-12)10-4-1-2-7-15-10/h1-2,4,7-8H,3,5-6H2,(H,16,17). The highest BCUT2D eigenvalue weighted by molar-refractivity contribution is 5.53. The van der Waals surface area contributed by atoms with Gasteiger partial charge in [0.05, 0.1) is 23.7 Å². The molecule has 0 radical (unpaired) electrons. The first-order valence-electron chi connectivity index (χ1n) is 5.72. The molecule has 0 spiro atoms. The van der Waals surface area contributed by atoms with Crippen molar-refractivity contribution in [2.75, 3.05) is 0 Å². The van der Waals surface area contributed by atoms with Crippen molar-refractivity contribution < 1.29 is 0 Å². The quantitative estimate of drug-likeness (QED) is 0.851. The number of pyridine rings is 1. The van der Waals surface area contributed by atoms with Gasteiger partial charge in [-0.15, -0.1) is 0 Å². The smallest absolute Gasteiger partial charge is 0.127 e. The highest BCUT2D eigenvalue weighted by Crippen LogP contribution is 2.41. The van der Waals surface area contributed by atoms with Crippen molar-refractivity contribution in [2.45, 2.75) is 24.7 Å².